The van der Waals surface area contributed by atoms with Crippen molar-refractivity contribution in [2.75, 3.05) is 26.7 Å². The summed E-state index contributed by atoms with van der Waals surface area (Å²) in [5.41, 5.74) is 1.38. The van der Waals surface area contributed by atoms with E-state index in [4.69, 9.17) is 4.74 Å². The van der Waals surface area contributed by atoms with Crippen LogP contribution in [0.15, 0.2) is 18.2 Å². The molecule has 1 aromatic carbocycles. The second kappa shape index (κ2) is 7.06. The molecule has 1 amide bonds. The number of benzene rings is 1. The van der Waals surface area contributed by atoms with E-state index in [0.717, 1.165) is 25.0 Å². The Bertz CT molecular complexity index is 682. The van der Waals surface area contributed by atoms with Crippen LogP contribution in [-0.4, -0.2) is 53.6 Å². The molecule has 0 bridgehead atoms. The maximum absolute atomic E-state index is 13.2. The Hall–Kier alpha value is -1.99. The van der Waals surface area contributed by atoms with Crippen LogP contribution in [0.3, 0.4) is 0 Å². The molecular weight excluding hydrogens is 299 g/mol. The van der Waals surface area contributed by atoms with Crippen LogP contribution in [-0.2, 0) is 16.1 Å². The van der Waals surface area contributed by atoms with E-state index in [2.05, 4.69) is 15.3 Å². The first-order chi connectivity index (χ1) is 11.1. The summed E-state index contributed by atoms with van der Waals surface area (Å²) >= 11 is 0. The van der Waals surface area contributed by atoms with Crippen molar-refractivity contribution in [3.05, 3.63) is 29.8 Å². The number of nitrogens with zero attached hydrogens (tertiary/aromatic N) is 2. The molecule has 1 aliphatic rings. The van der Waals surface area contributed by atoms with Gasteiger partial charge >= 0.3 is 0 Å². The van der Waals surface area contributed by atoms with Crippen molar-refractivity contribution < 1.29 is 13.9 Å². The smallest absolute Gasteiger partial charge is 0.234 e. The number of ether oxygens (including phenoxy) is 1. The summed E-state index contributed by atoms with van der Waals surface area (Å²) in [5.74, 6) is 0.375. The molecule has 2 N–H and O–H groups in total. The van der Waals surface area contributed by atoms with Crippen molar-refractivity contribution in [1.82, 2.24) is 20.2 Å². The van der Waals surface area contributed by atoms with Crippen LogP contribution in [0.25, 0.3) is 11.0 Å². The normalized spacial score (nSPS) is 18.0. The first-order valence-electron chi connectivity index (χ1n) is 7.81. The zero-order valence-corrected chi connectivity index (χ0v) is 13.1. The Labute approximate surface area is 134 Å². The molecule has 2 aromatic rings. The molecule has 23 heavy (non-hydrogen) atoms. The molecule has 1 aromatic heterocycles. The van der Waals surface area contributed by atoms with Gasteiger partial charge in [0.25, 0.3) is 0 Å². The molecule has 0 aliphatic carbocycles. The molecule has 2 heterocycles. The lowest BCUT2D eigenvalue weighted by Gasteiger charge is -2.16. The van der Waals surface area contributed by atoms with Crippen LogP contribution in [0, 0.1) is 5.82 Å². The largest absolute Gasteiger partial charge is 0.376 e. The lowest BCUT2D eigenvalue weighted by Crippen LogP contribution is -2.38. The molecule has 0 spiro atoms. The van der Waals surface area contributed by atoms with E-state index < -0.39 is 0 Å². The zero-order valence-electron chi connectivity index (χ0n) is 13.1. The number of fused-ring (bicyclic) bond motifs is 1. The Balaban J connectivity index is 1.49. The van der Waals surface area contributed by atoms with Crippen LogP contribution in [0.2, 0.25) is 0 Å². The van der Waals surface area contributed by atoms with Gasteiger partial charge in [0.05, 0.1) is 30.2 Å². The van der Waals surface area contributed by atoms with Gasteiger partial charge in [-0.25, -0.2) is 9.37 Å². The van der Waals surface area contributed by atoms with Gasteiger partial charge in [0, 0.05) is 13.2 Å². The third-order valence-electron chi connectivity index (χ3n) is 3.88. The molecule has 1 atom stereocenters. The van der Waals surface area contributed by atoms with Gasteiger partial charge in [0.2, 0.25) is 5.91 Å². The van der Waals surface area contributed by atoms with E-state index in [-0.39, 0.29) is 24.4 Å². The van der Waals surface area contributed by atoms with Gasteiger partial charge in [0.15, 0.2) is 0 Å². The van der Waals surface area contributed by atoms with Crippen LogP contribution < -0.4 is 5.32 Å². The summed E-state index contributed by atoms with van der Waals surface area (Å²) in [4.78, 5) is 21.3. The summed E-state index contributed by atoms with van der Waals surface area (Å²) in [6.07, 6.45) is 2.22. The second-order valence-electron chi connectivity index (χ2n) is 5.96. The molecule has 3 rings (SSSR count). The minimum atomic E-state index is -0.297. The summed E-state index contributed by atoms with van der Waals surface area (Å²) in [5, 5.41) is 2.89. The third kappa shape index (κ3) is 4.27. The predicted octanol–water partition coefficient (Wildman–Crippen LogP) is 1.43. The molecule has 0 saturated carbocycles. The van der Waals surface area contributed by atoms with Crippen LogP contribution in [0.4, 0.5) is 4.39 Å². The summed E-state index contributed by atoms with van der Waals surface area (Å²) in [6, 6.07) is 4.44. The first-order valence-corrected chi connectivity index (χ1v) is 7.81. The number of hydrogen-bond acceptors (Lipinski definition) is 4. The molecule has 6 nitrogen and oxygen atoms in total. The topological polar surface area (TPSA) is 70.2 Å². The number of halogens is 1. The maximum Gasteiger partial charge on any atom is 0.234 e. The minimum absolute atomic E-state index is 0.0369. The monoisotopic (exact) mass is 320 g/mol. The van der Waals surface area contributed by atoms with Gasteiger partial charge < -0.3 is 15.0 Å². The van der Waals surface area contributed by atoms with Gasteiger partial charge in [-0.3, -0.25) is 9.69 Å². The standard InChI is InChI=1S/C16H21FN4O2/c1-21(10-16(22)18-8-12-3-2-6-23-12)9-15-19-13-5-4-11(17)7-14(13)20-15/h4-5,7,12H,2-3,6,8-10H2,1H3,(H,18,22)(H,19,20)/t12-/m0/s1. The van der Waals surface area contributed by atoms with Gasteiger partial charge in [-0.2, -0.15) is 0 Å². The lowest BCUT2D eigenvalue weighted by atomic mass is 10.2. The summed E-state index contributed by atoms with van der Waals surface area (Å²) in [7, 11) is 1.85. The fourth-order valence-corrected chi connectivity index (χ4v) is 2.76. The van der Waals surface area contributed by atoms with Gasteiger partial charge in [-0.1, -0.05) is 0 Å². The Kier molecular flexibility index (Phi) is 4.88. The SMILES string of the molecule is CN(CC(=O)NC[C@@H]1CCCO1)Cc1nc2ccc(F)cc2[nH]1. The molecule has 1 aliphatic heterocycles. The number of nitrogens with one attached hydrogen (secondary N) is 2. The first kappa shape index (κ1) is 15.9. The quantitative estimate of drug-likeness (QED) is 0.845. The van der Waals surface area contributed by atoms with Crippen LogP contribution in [0.1, 0.15) is 18.7 Å². The summed E-state index contributed by atoms with van der Waals surface area (Å²) in [6.45, 7) is 2.12. The number of amides is 1. The van der Waals surface area contributed by atoms with Crippen LogP contribution >= 0.6 is 0 Å². The summed E-state index contributed by atoms with van der Waals surface area (Å²) < 4.78 is 18.6. The number of aromatic nitrogens is 2. The predicted molar refractivity (Wildman–Crippen MR) is 84.4 cm³/mol. The molecule has 0 unspecified atom stereocenters. The van der Waals surface area contributed by atoms with Gasteiger partial charge in [-0.05, 0) is 38.1 Å². The number of aromatic amines is 1. The van der Waals surface area contributed by atoms with Crippen molar-refractivity contribution in [1.29, 1.82) is 0 Å². The fourth-order valence-electron chi connectivity index (χ4n) is 2.76. The molecule has 124 valence electrons. The Morgan fingerprint density at radius 3 is 3.22 bits per heavy atom. The maximum atomic E-state index is 13.2. The number of rotatable bonds is 6. The van der Waals surface area contributed by atoms with Crippen molar-refractivity contribution in [3.63, 3.8) is 0 Å². The van der Waals surface area contributed by atoms with E-state index in [1.54, 1.807) is 6.07 Å². The third-order valence-corrected chi connectivity index (χ3v) is 3.88. The van der Waals surface area contributed by atoms with Gasteiger partial charge in [-0.15, -0.1) is 0 Å². The number of carbonyl (C=O) groups excluding carboxylic acids is 1. The molecule has 0 radical (unpaired) electrons. The highest BCUT2D eigenvalue weighted by molar-refractivity contribution is 5.78. The minimum Gasteiger partial charge on any atom is -0.376 e. The Morgan fingerprint density at radius 2 is 2.43 bits per heavy atom. The van der Waals surface area contributed by atoms with Crippen molar-refractivity contribution >= 4 is 16.9 Å². The molecule has 1 fully saturated rings. The average molecular weight is 320 g/mol. The van der Waals surface area contributed by atoms with Crippen molar-refractivity contribution in [2.45, 2.75) is 25.5 Å². The molecule has 1 saturated heterocycles. The highest BCUT2D eigenvalue weighted by Crippen LogP contribution is 2.13. The number of H-pyrrole nitrogens is 1. The van der Waals surface area contributed by atoms with Crippen molar-refractivity contribution in [2.24, 2.45) is 0 Å². The van der Waals surface area contributed by atoms with Crippen LogP contribution in [0.5, 0.6) is 0 Å². The van der Waals surface area contributed by atoms with E-state index in [1.807, 2.05) is 11.9 Å². The van der Waals surface area contributed by atoms with E-state index in [0.29, 0.717) is 24.4 Å². The van der Waals surface area contributed by atoms with E-state index in [9.17, 15) is 9.18 Å². The number of carbonyl (C=O) groups is 1. The van der Waals surface area contributed by atoms with Gasteiger partial charge in [0.1, 0.15) is 11.6 Å². The fraction of sp³-hybridized carbons (Fsp3) is 0.500. The number of hydrogen-bond donors (Lipinski definition) is 2. The highest BCUT2D eigenvalue weighted by Gasteiger charge is 2.17. The highest BCUT2D eigenvalue weighted by atomic mass is 19.1. The molecule has 7 heteroatoms. The average Bonchev–Trinajstić information content (AvgIpc) is 3.13. The van der Waals surface area contributed by atoms with E-state index in [1.165, 1.54) is 12.1 Å². The second-order valence-corrected chi connectivity index (χ2v) is 5.96. The lowest BCUT2D eigenvalue weighted by molar-refractivity contribution is -0.122. The van der Waals surface area contributed by atoms with Crippen molar-refractivity contribution in [3.8, 4) is 0 Å². The number of imidazole rings is 1. The molecular formula is C16H21FN4O2. The Morgan fingerprint density at radius 1 is 1.57 bits per heavy atom. The number of likely N-dealkylation sites (N-methyl/N-ethyl adjacent to an activating group) is 1. The van der Waals surface area contributed by atoms with E-state index >= 15 is 0 Å². The zero-order chi connectivity index (χ0) is 16.2.